The number of hydrogen-bond acceptors (Lipinski definition) is 3. The van der Waals surface area contributed by atoms with Crippen LogP contribution in [0.2, 0.25) is 0 Å². The van der Waals surface area contributed by atoms with E-state index in [-0.39, 0.29) is 24.3 Å². The molecule has 78 valence electrons. The molecule has 0 radical (unpaired) electrons. The lowest BCUT2D eigenvalue weighted by Gasteiger charge is -2.17. The molecular weight excluding hydrogens is 178 g/mol. The Morgan fingerprint density at radius 2 is 2.00 bits per heavy atom. The quantitative estimate of drug-likeness (QED) is 0.685. The zero-order valence-corrected chi connectivity index (χ0v) is 8.57. The number of phenols is 1. The molecule has 0 spiro atoms. The standard InChI is InChI=1S/C11H17NO2/c1-7(2)11(12)9-5-8(6-13)3-4-10(9)14/h3-5,7,11,13-14H,6,12H2,1-2H3/t11-/m1/s1. The van der Waals surface area contributed by atoms with Gasteiger partial charge in [0.15, 0.2) is 0 Å². The molecule has 0 aliphatic carbocycles. The van der Waals surface area contributed by atoms with Crippen molar-refractivity contribution in [2.75, 3.05) is 0 Å². The van der Waals surface area contributed by atoms with Crippen molar-refractivity contribution in [3.63, 3.8) is 0 Å². The van der Waals surface area contributed by atoms with Gasteiger partial charge in [-0.05, 0) is 23.6 Å². The number of benzene rings is 1. The highest BCUT2D eigenvalue weighted by molar-refractivity contribution is 5.38. The minimum absolute atomic E-state index is 0.0297. The molecule has 1 aromatic rings. The van der Waals surface area contributed by atoms with E-state index in [1.54, 1.807) is 18.2 Å². The van der Waals surface area contributed by atoms with E-state index in [0.29, 0.717) is 5.56 Å². The molecule has 0 unspecified atom stereocenters. The van der Waals surface area contributed by atoms with Gasteiger partial charge in [-0.1, -0.05) is 19.9 Å². The average Bonchev–Trinajstić information content (AvgIpc) is 2.17. The van der Waals surface area contributed by atoms with Gasteiger partial charge in [-0.15, -0.1) is 0 Å². The van der Waals surface area contributed by atoms with E-state index in [9.17, 15) is 5.11 Å². The van der Waals surface area contributed by atoms with Crippen molar-refractivity contribution >= 4 is 0 Å². The molecule has 1 rings (SSSR count). The zero-order valence-electron chi connectivity index (χ0n) is 8.57. The number of rotatable bonds is 3. The van der Waals surface area contributed by atoms with Gasteiger partial charge in [0, 0.05) is 11.6 Å². The first kappa shape index (κ1) is 11.0. The lowest BCUT2D eigenvalue weighted by atomic mass is 9.95. The molecule has 0 saturated heterocycles. The molecule has 0 aliphatic rings. The van der Waals surface area contributed by atoms with Gasteiger partial charge in [-0.2, -0.15) is 0 Å². The Balaban J connectivity index is 3.05. The minimum Gasteiger partial charge on any atom is -0.508 e. The summed E-state index contributed by atoms with van der Waals surface area (Å²) in [6.45, 7) is 3.96. The maximum atomic E-state index is 9.59. The van der Waals surface area contributed by atoms with Crippen molar-refractivity contribution in [2.45, 2.75) is 26.5 Å². The SMILES string of the molecule is CC(C)[C@@H](N)c1cc(CO)ccc1O. The van der Waals surface area contributed by atoms with Crippen molar-refractivity contribution in [2.24, 2.45) is 11.7 Å². The molecule has 0 fully saturated rings. The van der Waals surface area contributed by atoms with Crippen LogP contribution in [0.4, 0.5) is 0 Å². The number of nitrogens with two attached hydrogens (primary N) is 1. The molecule has 1 atom stereocenters. The second kappa shape index (κ2) is 4.44. The Labute approximate surface area is 84.2 Å². The van der Waals surface area contributed by atoms with Crippen LogP contribution in [0.15, 0.2) is 18.2 Å². The van der Waals surface area contributed by atoms with Crippen LogP contribution in [-0.2, 0) is 6.61 Å². The van der Waals surface area contributed by atoms with Crippen LogP contribution in [0.25, 0.3) is 0 Å². The van der Waals surface area contributed by atoms with Crippen LogP contribution in [-0.4, -0.2) is 10.2 Å². The molecule has 0 saturated carbocycles. The third kappa shape index (κ3) is 2.25. The smallest absolute Gasteiger partial charge is 0.120 e. The van der Waals surface area contributed by atoms with E-state index in [1.165, 1.54) is 0 Å². The summed E-state index contributed by atoms with van der Waals surface area (Å²) in [4.78, 5) is 0. The van der Waals surface area contributed by atoms with Gasteiger partial charge in [-0.3, -0.25) is 0 Å². The molecule has 3 nitrogen and oxygen atoms in total. The lowest BCUT2D eigenvalue weighted by Crippen LogP contribution is -2.17. The Kier molecular flexibility index (Phi) is 3.49. The summed E-state index contributed by atoms with van der Waals surface area (Å²) < 4.78 is 0. The Bertz CT molecular complexity index is 310. The second-order valence-corrected chi connectivity index (χ2v) is 3.82. The van der Waals surface area contributed by atoms with E-state index >= 15 is 0 Å². The zero-order chi connectivity index (χ0) is 10.7. The van der Waals surface area contributed by atoms with Gasteiger partial charge in [0.25, 0.3) is 0 Å². The third-order valence-corrected chi connectivity index (χ3v) is 2.35. The van der Waals surface area contributed by atoms with Gasteiger partial charge >= 0.3 is 0 Å². The summed E-state index contributed by atoms with van der Waals surface area (Å²) in [6.07, 6.45) is 0. The van der Waals surface area contributed by atoms with Crippen molar-refractivity contribution in [3.05, 3.63) is 29.3 Å². The molecule has 3 heteroatoms. The van der Waals surface area contributed by atoms with Crippen LogP contribution in [0, 0.1) is 5.92 Å². The summed E-state index contributed by atoms with van der Waals surface area (Å²) in [5.41, 5.74) is 7.39. The molecule has 1 aromatic carbocycles. The molecule has 0 amide bonds. The maximum absolute atomic E-state index is 9.59. The van der Waals surface area contributed by atoms with Crippen LogP contribution in [0.1, 0.15) is 31.0 Å². The monoisotopic (exact) mass is 195 g/mol. The number of aliphatic hydroxyl groups is 1. The normalized spacial score (nSPS) is 13.2. The molecule has 0 heterocycles. The van der Waals surface area contributed by atoms with E-state index in [4.69, 9.17) is 10.8 Å². The van der Waals surface area contributed by atoms with Crippen LogP contribution in [0.5, 0.6) is 5.75 Å². The fraction of sp³-hybridized carbons (Fsp3) is 0.455. The summed E-state index contributed by atoms with van der Waals surface area (Å²) >= 11 is 0. The van der Waals surface area contributed by atoms with E-state index in [0.717, 1.165) is 5.56 Å². The molecule has 4 N–H and O–H groups in total. The van der Waals surface area contributed by atoms with Crippen LogP contribution < -0.4 is 5.73 Å². The van der Waals surface area contributed by atoms with Crippen LogP contribution >= 0.6 is 0 Å². The first-order valence-electron chi connectivity index (χ1n) is 4.74. The number of phenolic OH excluding ortho intramolecular Hbond substituents is 1. The van der Waals surface area contributed by atoms with Crippen molar-refractivity contribution in [1.29, 1.82) is 0 Å². The van der Waals surface area contributed by atoms with Crippen LogP contribution in [0.3, 0.4) is 0 Å². The van der Waals surface area contributed by atoms with Crippen molar-refractivity contribution < 1.29 is 10.2 Å². The summed E-state index contributed by atoms with van der Waals surface area (Å²) in [5, 5.41) is 18.5. The maximum Gasteiger partial charge on any atom is 0.120 e. The van der Waals surface area contributed by atoms with E-state index in [2.05, 4.69) is 0 Å². The Morgan fingerprint density at radius 3 is 2.50 bits per heavy atom. The fourth-order valence-electron chi connectivity index (χ4n) is 1.33. The lowest BCUT2D eigenvalue weighted by molar-refractivity contribution is 0.281. The highest BCUT2D eigenvalue weighted by atomic mass is 16.3. The first-order chi connectivity index (χ1) is 6.56. The number of hydrogen-bond donors (Lipinski definition) is 3. The Hall–Kier alpha value is -1.06. The van der Waals surface area contributed by atoms with E-state index in [1.807, 2.05) is 13.8 Å². The topological polar surface area (TPSA) is 66.5 Å². The van der Waals surface area contributed by atoms with Crippen molar-refractivity contribution in [3.8, 4) is 5.75 Å². The molecular formula is C11H17NO2. The Morgan fingerprint density at radius 1 is 1.36 bits per heavy atom. The predicted molar refractivity (Wildman–Crippen MR) is 55.8 cm³/mol. The second-order valence-electron chi connectivity index (χ2n) is 3.82. The van der Waals surface area contributed by atoms with Gasteiger partial charge in [-0.25, -0.2) is 0 Å². The van der Waals surface area contributed by atoms with Gasteiger partial charge in [0.05, 0.1) is 6.61 Å². The fourth-order valence-corrected chi connectivity index (χ4v) is 1.33. The van der Waals surface area contributed by atoms with Gasteiger partial charge in [0.1, 0.15) is 5.75 Å². The summed E-state index contributed by atoms with van der Waals surface area (Å²) in [7, 11) is 0. The van der Waals surface area contributed by atoms with Gasteiger partial charge < -0.3 is 15.9 Å². The molecule has 0 bridgehead atoms. The van der Waals surface area contributed by atoms with E-state index < -0.39 is 0 Å². The molecule has 0 aliphatic heterocycles. The largest absolute Gasteiger partial charge is 0.508 e. The highest BCUT2D eigenvalue weighted by Gasteiger charge is 2.14. The van der Waals surface area contributed by atoms with Crippen molar-refractivity contribution in [1.82, 2.24) is 0 Å². The average molecular weight is 195 g/mol. The predicted octanol–water partition coefficient (Wildman–Crippen LogP) is 1.54. The minimum atomic E-state index is -0.193. The highest BCUT2D eigenvalue weighted by Crippen LogP contribution is 2.28. The third-order valence-electron chi connectivity index (χ3n) is 2.35. The number of aliphatic hydroxyl groups excluding tert-OH is 1. The van der Waals surface area contributed by atoms with Gasteiger partial charge in [0.2, 0.25) is 0 Å². The molecule has 14 heavy (non-hydrogen) atoms. The summed E-state index contributed by atoms with van der Waals surface area (Å²) in [5.74, 6) is 0.457. The number of aromatic hydroxyl groups is 1. The first-order valence-corrected chi connectivity index (χ1v) is 4.74. The molecule has 0 aromatic heterocycles. The summed E-state index contributed by atoms with van der Waals surface area (Å²) in [6, 6.07) is 4.82.